The van der Waals surface area contributed by atoms with Crippen molar-refractivity contribution in [3.05, 3.63) is 125 Å². The van der Waals surface area contributed by atoms with Crippen molar-refractivity contribution >= 4 is 50.9 Å². The molecule has 0 saturated heterocycles. The molecule has 1 aliphatic rings. The minimum Gasteiger partial charge on any atom is -0.481 e. The number of anilines is 1. The van der Waals surface area contributed by atoms with Crippen molar-refractivity contribution in [2.75, 3.05) is 11.9 Å². The Labute approximate surface area is 239 Å². The molecule has 0 unspecified atom stereocenters. The van der Waals surface area contributed by atoms with Crippen LogP contribution in [0.1, 0.15) is 24.1 Å². The van der Waals surface area contributed by atoms with Gasteiger partial charge in [0.25, 0.3) is 11.5 Å². The average molecular weight is 622 g/mol. The Morgan fingerprint density at radius 2 is 1.88 bits per heavy atom. The number of para-hydroxylation sites is 1. The SMILES string of the molecule is CC1=C(C(=O)Nc2ccccc2)[C@H](c2ccc(F)cc2)n2c(s/c(=C/c3ccc(OCC(=O)O)c(Br)c3)c2=O)=N1. The first-order valence-electron chi connectivity index (χ1n) is 12.0. The molecule has 0 saturated carbocycles. The van der Waals surface area contributed by atoms with Crippen LogP contribution in [0.15, 0.2) is 98.3 Å². The predicted molar refractivity (Wildman–Crippen MR) is 153 cm³/mol. The van der Waals surface area contributed by atoms with Crippen LogP contribution in [0.25, 0.3) is 6.08 Å². The van der Waals surface area contributed by atoms with Crippen molar-refractivity contribution in [3.63, 3.8) is 0 Å². The molecule has 2 N–H and O–H groups in total. The highest BCUT2D eigenvalue weighted by Gasteiger charge is 2.32. The second kappa shape index (κ2) is 11.4. The predicted octanol–water partition coefficient (Wildman–Crippen LogP) is 4.24. The van der Waals surface area contributed by atoms with Gasteiger partial charge in [0.1, 0.15) is 11.6 Å². The molecule has 8 nitrogen and oxygen atoms in total. The molecule has 0 fully saturated rings. The van der Waals surface area contributed by atoms with E-state index in [4.69, 9.17) is 9.84 Å². The molecule has 0 spiro atoms. The summed E-state index contributed by atoms with van der Waals surface area (Å²) in [6.45, 7) is 1.22. The fraction of sp³-hybridized carbons (Fsp3) is 0.103. The highest BCUT2D eigenvalue weighted by Crippen LogP contribution is 2.31. The van der Waals surface area contributed by atoms with E-state index in [9.17, 15) is 18.8 Å². The van der Waals surface area contributed by atoms with E-state index in [1.54, 1.807) is 67.6 Å². The summed E-state index contributed by atoms with van der Waals surface area (Å²) in [6, 6.07) is 18.8. The van der Waals surface area contributed by atoms with E-state index in [0.29, 0.717) is 42.1 Å². The summed E-state index contributed by atoms with van der Waals surface area (Å²) in [6.07, 6.45) is 1.68. The number of aliphatic carboxylic acids is 1. The number of nitrogens with zero attached hydrogens (tertiary/aromatic N) is 2. The molecule has 40 heavy (non-hydrogen) atoms. The Hall–Kier alpha value is -4.35. The van der Waals surface area contributed by atoms with Crippen LogP contribution in [-0.2, 0) is 9.59 Å². The fourth-order valence-corrected chi connectivity index (χ4v) is 5.86. The van der Waals surface area contributed by atoms with E-state index in [1.165, 1.54) is 28.0 Å². The summed E-state index contributed by atoms with van der Waals surface area (Å²) in [5.74, 6) is -1.60. The lowest BCUT2D eigenvalue weighted by atomic mass is 9.95. The molecule has 11 heteroatoms. The van der Waals surface area contributed by atoms with Gasteiger partial charge < -0.3 is 15.2 Å². The normalized spacial score (nSPS) is 14.9. The first kappa shape index (κ1) is 27.2. The third-order valence-electron chi connectivity index (χ3n) is 6.09. The number of benzene rings is 3. The smallest absolute Gasteiger partial charge is 0.341 e. The summed E-state index contributed by atoms with van der Waals surface area (Å²) >= 11 is 4.54. The Bertz CT molecular complexity index is 1830. The lowest BCUT2D eigenvalue weighted by Gasteiger charge is -2.25. The molecule has 0 aliphatic carbocycles. The number of fused-ring (bicyclic) bond motifs is 1. The molecule has 0 radical (unpaired) electrons. The fourth-order valence-electron chi connectivity index (χ4n) is 4.31. The minimum atomic E-state index is -1.10. The molecule has 5 rings (SSSR count). The first-order valence-corrected chi connectivity index (χ1v) is 13.6. The number of aromatic nitrogens is 1. The Kier molecular flexibility index (Phi) is 7.76. The van der Waals surface area contributed by atoms with Gasteiger partial charge >= 0.3 is 5.97 Å². The van der Waals surface area contributed by atoms with Crippen LogP contribution >= 0.6 is 27.3 Å². The van der Waals surface area contributed by atoms with Gasteiger partial charge in [0.2, 0.25) is 0 Å². The highest BCUT2D eigenvalue weighted by molar-refractivity contribution is 9.10. The molecule has 202 valence electrons. The Morgan fingerprint density at radius 3 is 2.55 bits per heavy atom. The van der Waals surface area contributed by atoms with Gasteiger partial charge in [-0.1, -0.05) is 47.7 Å². The lowest BCUT2D eigenvalue weighted by molar-refractivity contribution is -0.139. The van der Waals surface area contributed by atoms with Crippen molar-refractivity contribution in [2.45, 2.75) is 13.0 Å². The number of hydrogen-bond acceptors (Lipinski definition) is 6. The monoisotopic (exact) mass is 621 g/mol. The standard InChI is InChI=1S/C29H21BrFN3O5S/c1-16-25(27(37)33-20-5-3-2-4-6-20)26(18-8-10-19(31)11-9-18)34-28(38)23(40-29(34)32-16)14-17-7-12-22(21(30)13-17)39-15-24(35)36/h2-14,26H,15H2,1H3,(H,33,37)(H,35,36)/b23-14+/t26-/m0/s1. The van der Waals surface area contributed by atoms with Crippen LogP contribution in [0.5, 0.6) is 5.75 Å². The van der Waals surface area contributed by atoms with Crippen LogP contribution in [0.4, 0.5) is 10.1 Å². The molecule has 1 aliphatic heterocycles. The number of amides is 1. The number of halogens is 2. The zero-order valence-corrected chi connectivity index (χ0v) is 23.3. The Morgan fingerprint density at radius 1 is 1.15 bits per heavy atom. The maximum absolute atomic E-state index is 13.8. The van der Waals surface area contributed by atoms with Gasteiger partial charge in [-0.2, -0.15) is 0 Å². The second-order valence-electron chi connectivity index (χ2n) is 8.83. The largest absolute Gasteiger partial charge is 0.481 e. The van der Waals surface area contributed by atoms with Gasteiger partial charge in [-0.3, -0.25) is 14.2 Å². The number of thiazole rings is 1. The number of nitrogens with one attached hydrogen (secondary N) is 1. The van der Waals surface area contributed by atoms with Crippen LogP contribution in [-0.4, -0.2) is 28.2 Å². The van der Waals surface area contributed by atoms with Gasteiger partial charge in [0.15, 0.2) is 11.4 Å². The zero-order valence-electron chi connectivity index (χ0n) is 20.9. The van der Waals surface area contributed by atoms with Gasteiger partial charge in [-0.15, -0.1) is 0 Å². The molecule has 3 aromatic carbocycles. The summed E-state index contributed by atoms with van der Waals surface area (Å²) in [5.41, 5.74) is 2.16. The molecule has 2 heterocycles. The second-order valence-corrected chi connectivity index (χ2v) is 10.7. The molecular weight excluding hydrogens is 601 g/mol. The van der Waals surface area contributed by atoms with E-state index in [0.717, 1.165) is 0 Å². The number of carboxylic acids is 1. The number of carbonyl (C=O) groups excluding carboxylic acids is 1. The quantitative estimate of drug-likeness (QED) is 0.321. The number of allylic oxidation sites excluding steroid dienone is 1. The third kappa shape index (κ3) is 5.65. The van der Waals surface area contributed by atoms with Crippen LogP contribution < -0.4 is 24.9 Å². The van der Waals surface area contributed by atoms with E-state index >= 15 is 0 Å². The van der Waals surface area contributed by atoms with Gasteiger partial charge in [0.05, 0.1) is 26.3 Å². The molecule has 1 atom stereocenters. The van der Waals surface area contributed by atoms with Crippen LogP contribution in [0, 0.1) is 5.82 Å². The van der Waals surface area contributed by atoms with Crippen molar-refractivity contribution in [1.82, 2.24) is 4.57 Å². The van der Waals surface area contributed by atoms with Gasteiger partial charge in [-0.05, 0) is 76.5 Å². The number of rotatable bonds is 7. The lowest BCUT2D eigenvalue weighted by Crippen LogP contribution is -2.40. The van der Waals surface area contributed by atoms with Gasteiger partial charge in [0, 0.05) is 5.69 Å². The van der Waals surface area contributed by atoms with Crippen molar-refractivity contribution in [3.8, 4) is 5.75 Å². The maximum Gasteiger partial charge on any atom is 0.341 e. The molecule has 0 bridgehead atoms. The molecular formula is C29H21BrFN3O5S. The van der Waals surface area contributed by atoms with Crippen LogP contribution in [0.3, 0.4) is 0 Å². The average Bonchev–Trinajstić information content (AvgIpc) is 3.22. The topological polar surface area (TPSA) is 110 Å². The number of carboxylic acid groups (broad SMARTS) is 1. The number of hydrogen-bond donors (Lipinski definition) is 2. The van der Waals surface area contributed by atoms with Crippen molar-refractivity contribution in [1.29, 1.82) is 0 Å². The number of carbonyl (C=O) groups is 2. The summed E-state index contributed by atoms with van der Waals surface area (Å²) in [7, 11) is 0. The van der Waals surface area contributed by atoms with Crippen molar-refractivity contribution < 1.29 is 23.8 Å². The van der Waals surface area contributed by atoms with E-state index < -0.39 is 30.3 Å². The van der Waals surface area contributed by atoms with E-state index in [-0.39, 0.29) is 11.1 Å². The zero-order chi connectivity index (χ0) is 28.4. The first-order chi connectivity index (χ1) is 19.2. The third-order valence-corrected chi connectivity index (χ3v) is 7.69. The molecule has 4 aromatic rings. The highest BCUT2D eigenvalue weighted by atomic mass is 79.9. The summed E-state index contributed by atoms with van der Waals surface area (Å²) in [5, 5.41) is 11.7. The minimum absolute atomic E-state index is 0.275. The van der Waals surface area contributed by atoms with Crippen molar-refractivity contribution in [2.24, 2.45) is 4.99 Å². The maximum atomic E-state index is 13.8. The summed E-state index contributed by atoms with van der Waals surface area (Å²) in [4.78, 5) is 43.1. The van der Waals surface area contributed by atoms with Gasteiger partial charge in [-0.25, -0.2) is 14.2 Å². The van der Waals surface area contributed by atoms with Crippen LogP contribution in [0.2, 0.25) is 0 Å². The molecule has 1 aromatic heterocycles. The van der Waals surface area contributed by atoms with E-state index in [1.807, 2.05) is 6.07 Å². The summed E-state index contributed by atoms with van der Waals surface area (Å²) < 4.78 is 21.4. The number of ether oxygens (including phenoxy) is 1. The Balaban J connectivity index is 1.60. The molecule has 1 amide bonds. The van der Waals surface area contributed by atoms with E-state index in [2.05, 4.69) is 26.2 Å².